The van der Waals surface area contributed by atoms with Gasteiger partial charge >= 0.3 is 0 Å². The lowest BCUT2D eigenvalue weighted by Crippen LogP contribution is -2.31. The van der Waals surface area contributed by atoms with Gasteiger partial charge in [-0.15, -0.1) is 0 Å². The lowest BCUT2D eigenvalue weighted by Gasteiger charge is -2.37. The second kappa shape index (κ2) is 16.3. The minimum absolute atomic E-state index is 0.572. The van der Waals surface area contributed by atoms with Crippen LogP contribution < -0.4 is 4.90 Å². The fraction of sp³-hybridized carbons (Fsp3) is 0.0164. The lowest BCUT2D eigenvalue weighted by molar-refractivity contribution is 0.745. The normalized spacial score (nSPS) is 11.5. The molecule has 11 aromatic rings. The van der Waals surface area contributed by atoms with Crippen molar-refractivity contribution in [1.82, 2.24) is 4.57 Å². The van der Waals surface area contributed by atoms with Crippen LogP contribution in [0.5, 0.6) is 0 Å². The minimum atomic E-state index is -0.572. The molecular weight excluding hydrogens is 761 g/mol. The van der Waals surface area contributed by atoms with Gasteiger partial charge in [0.1, 0.15) is 0 Å². The van der Waals surface area contributed by atoms with Crippen molar-refractivity contribution >= 4 is 38.9 Å². The molecule has 0 N–H and O–H groups in total. The molecule has 0 amide bonds. The summed E-state index contributed by atoms with van der Waals surface area (Å²) in [7, 11) is 0. The Balaban J connectivity index is 1.02. The van der Waals surface area contributed by atoms with E-state index < -0.39 is 5.41 Å². The first kappa shape index (κ1) is 37.8. The summed E-state index contributed by atoms with van der Waals surface area (Å²) in [4.78, 5) is 2.39. The van der Waals surface area contributed by atoms with Crippen molar-refractivity contribution < 1.29 is 0 Å². The summed E-state index contributed by atoms with van der Waals surface area (Å²) in [5.41, 5.74) is 15.8. The van der Waals surface area contributed by atoms with E-state index in [1.807, 2.05) is 0 Å². The molecule has 10 aromatic carbocycles. The Kier molecular flexibility index (Phi) is 9.80. The van der Waals surface area contributed by atoms with Gasteiger partial charge < -0.3 is 9.47 Å². The third-order valence-electron chi connectivity index (χ3n) is 12.6. The molecule has 1 heterocycles. The molecule has 0 aliphatic carbocycles. The molecule has 298 valence electrons. The third kappa shape index (κ3) is 6.79. The van der Waals surface area contributed by atoms with E-state index >= 15 is 0 Å². The number of fused-ring (bicyclic) bond motifs is 3. The van der Waals surface area contributed by atoms with E-state index in [0.717, 1.165) is 28.3 Å². The molecule has 0 unspecified atom stereocenters. The molecule has 0 aliphatic rings. The maximum absolute atomic E-state index is 2.39. The quantitative estimate of drug-likeness (QED) is 0.125. The van der Waals surface area contributed by atoms with Crippen LogP contribution in [0, 0.1) is 0 Å². The SMILES string of the molecule is c1ccc(-c2ccc(N(c3ccc(-c4ccc(-n5c6ccccc6c6ccccc65)cc4)cc3)c3cccc(C(c4ccccc4)(c4ccccc4)c4ccccc4)c3)cc2)cc1. The molecule has 0 aliphatic heterocycles. The van der Waals surface area contributed by atoms with Crippen LogP contribution in [-0.4, -0.2) is 4.57 Å². The maximum Gasteiger partial charge on any atom is 0.0702 e. The summed E-state index contributed by atoms with van der Waals surface area (Å²) in [5, 5.41) is 2.53. The van der Waals surface area contributed by atoms with Crippen LogP contribution in [0.15, 0.2) is 267 Å². The zero-order chi connectivity index (χ0) is 42.0. The third-order valence-corrected chi connectivity index (χ3v) is 12.6. The predicted octanol–water partition coefficient (Wildman–Crippen LogP) is 16.0. The Morgan fingerprint density at radius 2 is 0.635 bits per heavy atom. The zero-order valence-corrected chi connectivity index (χ0v) is 34.8. The number of hydrogen-bond acceptors (Lipinski definition) is 1. The lowest BCUT2D eigenvalue weighted by atomic mass is 9.65. The molecule has 11 rings (SSSR count). The molecule has 0 spiro atoms. The summed E-state index contributed by atoms with van der Waals surface area (Å²) in [6.45, 7) is 0. The van der Waals surface area contributed by atoms with Crippen LogP contribution in [-0.2, 0) is 5.41 Å². The predicted molar refractivity (Wildman–Crippen MR) is 265 cm³/mol. The van der Waals surface area contributed by atoms with Gasteiger partial charge in [-0.1, -0.05) is 206 Å². The van der Waals surface area contributed by atoms with Gasteiger partial charge in [0.15, 0.2) is 0 Å². The van der Waals surface area contributed by atoms with E-state index in [4.69, 9.17) is 0 Å². The van der Waals surface area contributed by atoms with Crippen molar-refractivity contribution in [2.24, 2.45) is 0 Å². The average molecular weight is 805 g/mol. The Hall–Kier alpha value is -8.20. The van der Waals surface area contributed by atoms with Crippen LogP contribution >= 0.6 is 0 Å². The Morgan fingerprint density at radius 1 is 0.270 bits per heavy atom. The number of nitrogens with zero attached hydrogens (tertiary/aromatic N) is 2. The number of rotatable bonds is 10. The topological polar surface area (TPSA) is 8.17 Å². The Morgan fingerprint density at radius 3 is 1.10 bits per heavy atom. The molecule has 0 bridgehead atoms. The molecule has 0 saturated carbocycles. The molecule has 0 atom stereocenters. The molecule has 1 aromatic heterocycles. The fourth-order valence-electron chi connectivity index (χ4n) is 9.63. The molecule has 63 heavy (non-hydrogen) atoms. The highest BCUT2D eigenvalue weighted by Gasteiger charge is 2.38. The largest absolute Gasteiger partial charge is 0.310 e. The van der Waals surface area contributed by atoms with Gasteiger partial charge in [-0.05, 0) is 105 Å². The van der Waals surface area contributed by atoms with Crippen molar-refractivity contribution in [2.75, 3.05) is 4.90 Å². The van der Waals surface area contributed by atoms with Crippen molar-refractivity contribution in [3.05, 3.63) is 289 Å². The first-order chi connectivity index (χ1) is 31.3. The van der Waals surface area contributed by atoms with Gasteiger partial charge in [0, 0.05) is 33.5 Å². The van der Waals surface area contributed by atoms with E-state index in [1.165, 1.54) is 60.8 Å². The first-order valence-electron chi connectivity index (χ1n) is 21.7. The van der Waals surface area contributed by atoms with Crippen molar-refractivity contribution in [3.63, 3.8) is 0 Å². The number of hydrogen-bond donors (Lipinski definition) is 0. The molecule has 2 heteroatoms. The molecule has 0 fully saturated rings. The summed E-state index contributed by atoms with van der Waals surface area (Å²) < 4.78 is 2.37. The number of benzene rings is 10. The summed E-state index contributed by atoms with van der Waals surface area (Å²) in [6, 6.07) is 96.8. The monoisotopic (exact) mass is 804 g/mol. The Bertz CT molecular complexity index is 3130. The summed E-state index contributed by atoms with van der Waals surface area (Å²) in [5.74, 6) is 0. The number of para-hydroxylation sites is 2. The van der Waals surface area contributed by atoms with Crippen LogP contribution in [0.1, 0.15) is 22.3 Å². The van der Waals surface area contributed by atoms with E-state index in [9.17, 15) is 0 Å². The van der Waals surface area contributed by atoms with E-state index in [0.29, 0.717) is 0 Å². The van der Waals surface area contributed by atoms with Crippen molar-refractivity contribution in [1.29, 1.82) is 0 Å². The first-order valence-corrected chi connectivity index (χ1v) is 21.7. The van der Waals surface area contributed by atoms with E-state index in [2.05, 4.69) is 276 Å². The van der Waals surface area contributed by atoms with Gasteiger partial charge in [0.25, 0.3) is 0 Å². The molecule has 0 radical (unpaired) electrons. The zero-order valence-electron chi connectivity index (χ0n) is 34.8. The highest BCUT2D eigenvalue weighted by Crippen LogP contribution is 2.47. The minimum Gasteiger partial charge on any atom is -0.310 e. The number of aromatic nitrogens is 1. The smallest absolute Gasteiger partial charge is 0.0702 e. The Labute approximate surface area is 369 Å². The van der Waals surface area contributed by atoms with E-state index in [1.54, 1.807) is 0 Å². The summed E-state index contributed by atoms with van der Waals surface area (Å²) >= 11 is 0. The van der Waals surface area contributed by atoms with Gasteiger partial charge in [0.05, 0.1) is 16.4 Å². The van der Waals surface area contributed by atoms with Gasteiger partial charge in [-0.3, -0.25) is 0 Å². The number of anilines is 3. The second-order valence-corrected chi connectivity index (χ2v) is 16.1. The highest BCUT2D eigenvalue weighted by atomic mass is 15.1. The van der Waals surface area contributed by atoms with Crippen LogP contribution in [0.25, 0.3) is 49.7 Å². The molecule has 0 saturated heterocycles. The van der Waals surface area contributed by atoms with Crippen LogP contribution in [0.3, 0.4) is 0 Å². The van der Waals surface area contributed by atoms with E-state index in [-0.39, 0.29) is 0 Å². The average Bonchev–Trinajstić information content (AvgIpc) is 3.71. The van der Waals surface area contributed by atoms with Gasteiger partial charge in [0.2, 0.25) is 0 Å². The standard InChI is InChI=1S/C61H44N2/c1-5-18-45(19-6-1)46-32-38-53(39-33-46)62(56-27-17-26-52(44-56)61(49-20-7-2-8-21-49,50-22-9-3-10-23-50)51-24-11-4-12-25-51)54-40-34-47(35-41-54)48-36-42-55(43-37-48)63-59-30-15-13-28-57(59)58-29-14-16-31-60(58)63/h1-44H. The summed E-state index contributed by atoms with van der Waals surface area (Å²) in [6.07, 6.45) is 0. The van der Waals surface area contributed by atoms with Gasteiger partial charge in [-0.25, -0.2) is 0 Å². The van der Waals surface area contributed by atoms with Crippen LogP contribution in [0.4, 0.5) is 17.1 Å². The van der Waals surface area contributed by atoms with Crippen molar-refractivity contribution in [3.8, 4) is 27.9 Å². The van der Waals surface area contributed by atoms with Crippen molar-refractivity contribution in [2.45, 2.75) is 5.41 Å². The highest BCUT2D eigenvalue weighted by molar-refractivity contribution is 6.09. The van der Waals surface area contributed by atoms with Gasteiger partial charge in [-0.2, -0.15) is 0 Å². The second-order valence-electron chi connectivity index (χ2n) is 16.1. The molecular formula is C61H44N2. The molecule has 2 nitrogen and oxygen atoms in total. The maximum atomic E-state index is 2.39. The van der Waals surface area contributed by atoms with Crippen LogP contribution in [0.2, 0.25) is 0 Å². The fourth-order valence-corrected chi connectivity index (χ4v) is 9.63.